The van der Waals surface area contributed by atoms with Gasteiger partial charge < -0.3 is 4.84 Å². The van der Waals surface area contributed by atoms with E-state index in [-0.39, 0.29) is 0 Å². The van der Waals surface area contributed by atoms with Crippen molar-refractivity contribution in [2.24, 2.45) is 5.16 Å². The Morgan fingerprint density at radius 2 is 2.62 bits per heavy atom. The minimum absolute atomic E-state index is 0.618. The molecule has 0 fully saturated rings. The van der Waals surface area contributed by atoms with Gasteiger partial charge in [0.2, 0.25) is 0 Å². The van der Waals surface area contributed by atoms with Crippen molar-refractivity contribution in [1.29, 1.82) is 0 Å². The van der Waals surface area contributed by atoms with Crippen LogP contribution in [-0.4, -0.2) is 13.3 Å². The summed E-state index contributed by atoms with van der Waals surface area (Å²) in [6.45, 7) is 0. The average molecular weight is 110 g/mol. The van der Waals surface area contributed by atoms with E-state index in [1.807, 2.05) is 0 Å². The van der Waals surface area contributed by atoms with Gasteiger partial charge in [0.1, 0.15) is 7.11 Å². The van der Waals surface area contributed by atoms with E-state index in [2.05, 4.69) is 15.9 Å². The van der Waals surface area contributed by atoms with Crippen LogP contribution in [0.3, 0.4) is 0 Å². The highest BCUT2D eigenvalue weighted by atomic mass is 16.6. The van der Waals surface area contributed by atoms with E-state index in [4.69, 9.17) is 6.42 Å². The number of hydrogen-bond donors (Lipinski definition) is 0. The molecule has 8 heavy (non-hydrogen) atoms. The van der Waals surface area contributed by atoms with Crippen molar-refractivity contribution in [3.63, 3.8) is 0 Å². The summed E-state index contributed by atoms with van der Waals surface area (Å²) in [6, 6.07) is 0. The van der Waals surface area contributed by atoms with Crippen LogP contribution in [0, 0.1) is 12.3 Å². The van der Waals surface area contributed by atoms with Crippen molar-refractivity contribution in [1.82, 2.24) is 0 Å². The summed E-state index contributed by atoms with van der Waals surface area (Å²) in [5, 5.41) is 3.46. The zero-order chi connectivity index (χ0) is 6.24. The van der Waals surface area contributed by atoms with Gasteiger partial charge in [0.15, 0.2) is 0 Å². The number of oxime groups is 1. The molecule has 0 N–H and O–H groups in total. The molecule has 0 aromatic rings. The second-order valence-electron chi connectivity index (χ2n) is 1.19. The highest BCUT2D eigenvalue weighted by molar-refractivity contribution is 5.56. The van der Waals surface area contributed by atoms with Crippen LogP contribution in [0.2, 0.25) is 0 Å². The van der Waals surface area contributed by atoms with Gasteiger partial charge in [-0.15, -0.1) is 0 Å². The first kappa shape index (κ1) is 7.03. The predicted molar refractivity (Wildman–Crippen MR) is 31.9 cm³/mol. The fraction of sp³-hybridized carbons (Fsp3) is 0.500. The van der Waals surface area contributed by atoms with Gasteiger partial charge in [0, 0.05) is 12.6 Å². The molecule has 43 valence electrons. The van der Waals surface area contributed by atoms with Crippen LogP contribution in [0.15, 0.2) is 5.16 Å². The highest BCUT2D eigenvalue weighted by Gasteiger charge is 1.72. The topological polar surface area (TPSA) is 21.6 Å². The fourth-order valence-electron chi connectivity index (χ4n) is 0.264. The Bertz CT molecular complexity index is 102. The molecule has 0 rings (SSSR count). The third kappa shape index (κ3) is 5.03. The van der Waals surface area contributed by atoms with E-state index in [1.165, 1.54) is 7.11 Å². The number of rotatable bonds is 3. The van der Waals surface area contributed by atoms with Gasteiger partial charge in [-0.2, -0.15) is 0 Å². The lowest BCUT2D eigenvalue weighted by Gasteiger charge is -1.82. The normalized spacial score (nSPS) is 9.00. The van der Waals surface area contributed by atoms with E-state index < -0.39 is 0 Å². The van der Waals surface area contributed by atoms with Crippen LogP contribution < -0.4 is 0 Å². The summed E-state index contributed by atoms with van der Waals surface area (Å²) in [6.07, 6.45) is 9.45. The Balaban J connectivity index is 2.94. The zero-order valence-corrected chi connectivity index (χ0v) is 4.85. The van der Waals surface area contributed by atoms with Crippen LogP contribution in [0.4, 0.5) is 0 Å². The van der Waals surface area contributed by atoms with E-state index in [1.54, 1.807) is 6.21 Å². The molecule has 0 atom stereocenters. The monoisotopic (exact) mass is 110 g/mol. The molecule has 2 heteroatoms. The predicted octanol–water partition coefficient (Wildman–Crippen LogP) is 0.989. The SMILES string of the molecule is [C]#CCCC=NOC. The maximum absolute atomic E-state index is 6.49. The minimum atomic E-state index is 0.618. The van der Waals surface area contributed by atoms with Crippen LogP contribution in [0.1, 0.15) is 12.8 Å². The van der Waals surface area contributed by atoms with Crippen LogP contribution in [0.25, 0.3) is 0 Å². The van der Waals surface area contributed by atoms with E-state index in [0.29, 0.717) is 6.42 Å². The Morgan fingerprint density at radius 3 is 3.12 bits per heavy atom. The molecule has 0 amide bonds. The maximum atomic E-state index is 6.49. The first-order valence-corrected chi connectivity index (χ1v) is 2.36. The molecule has 0 aromatic heterocycles. The van der Waals surface area contributed by atoms with Crippen LogP contribution in [0.5, 0.6) is 0 Å². The van der Waals surface area contributed by atoms with E-state index in [0.717, 1.165) is 6.42 Å². The largest absolute Gasteiger partial charge is 0.399 e. The van der Waals surface area contributed by atoms with Gasteiger partial charge in [-0.1, -0.05) is 11.1 Å². The van der Waals surface area contributed by atoms with Gasteiger partial charge in [0.25, 0.3) is 0 Å². The lowest BCUT2D eigenvalue weighted by Crippen LogP contribution is -1.74. The molecular formula is C6H8NO. The molecule has 0 aromatic carbocycles. The molecule has 0 aliphatic rings. The number of unbranched alkanes of at least 4 members (excludes halogenated alkanes) is 1. The van der Waals surface area contributed by atoms with Crippen molar-refractivity contribution in [2.75, 3.05) is 7.11 Å². The molecule has 0 saturated heterocycles. The molecule has 0 aliphatic heterocycles. The Hall–Kier alpha value is -0.970. The van der Waals surface area contributed by atoms with Gasteiger partial charge in [-0.05, 0) is 12.8 Å². The highest BCUT2D eigenvalue weighted by Crippen LogP contribution is 1.80. The van der Waals surface area contributed by atoms with Crippen molar-refractivity contribution in [3.05, 3.63) is 6.42 Å². The zero-order valence-electron chi connectivity index (χ0n) is 4.85. The molecule has 0 spiro atoms. The van der Waals surface area contributed by atoms with Crippen molar-refractivity contribution in [3.8, 4) is 5.92 Å². The van der Waals surface area contributed by atoms with Gasteiger partial charge in [-0.25, -0.2) is 0 Å². The number of nitrogens with zero attached hydrogens (tertiary/aromatic N) is 1. The van der Waals surface area contributed by atoms with Gasteiger partial charge in [0.05, 0.1) is 0 Å². The van der Waals surface area contributed by atoms with Crippen LogP contribution in [-0.2, 0) is 4.84 Å². The minimum Gasteiger partial charge on any atom is -0.399 e. The van der Waals surface area contributed by atoms with Gasteiger partial charge >= 0.3 is 0 Å². The second kappa shape index (κ2) is 6.03. The van der Waals surface area contributed by atoms with Crippen molar-refractivity contribution < 1.29 is 4.84 Å². The third-order valence-electron chi connectivity index (χ3n) is 0.578. The molecule has 0 bridgehead atoms. The first-order chi connectivity index (χ1) is 3.91. The maximum Gasteiger partial charge on any atom is 0.106 e. The van der Waals surface area contributed by atoms with Crippen molar-refractivity contribution in [2.45, 2.75) is 12.8 Å². The summed E-state index contributed by atoms with van der Waals surface area (Å²) in [5.74, 6) is 2.23. The first-order valence-electron chi connectivity index (χ1n) is 2.36. The van der Waals surface area contributed by atoms with Crippen LogP contribution >= 0.6 is 0 Å². The standard InChI is InChI=1S/C6H8NO/c1-3-4-5-6-7-8-2/h6H,4-5H2,2H3. The molecule has 0 saturated carbocycles. The molecule has 0 unspecified atom stereocenters. The van der Waals surface area contributed by atoms with E-state index >= 15 is 0 Å². The Morgan fingerprint density at radius 1 is 1.88 bits per heavy atom. The summed E-state index contributed by atoms with van der Waals surface area (Å²) < 4.78 is 0. The summed E-state index contributed by atoms with van der Waals surface area (Å²) in [7, 11) is 1.49. The summed E-state index contributed by atoms with van der Waals surface area (Å²) >= 11 is 0. The lowest BCUT2D eigenvalue weighted by atomic mass is 10.3. The molecular weight excluding hydrogens is 102 g/mol. The molecule has 0 heterocycles. The third-order valence-corrected chi connectivity index (χ3v) is 0.578. The Labute approximate surface area is 49.5 Å². The lowest BCUT2D eigenvalue weighted by molar-refractivity contribution is 0.214. The summed E-state index contributed by atoms with van der Waals surface area (Å²) in [5.41, 5.74) is 0. The molecule has 0 aliphatic carbocycles. The van der Waals surface area contributed by atoms with E-state index in [9.17, 15) is 0 Å². The Kier molecular flexibility index (Phi) is 5.30. The average Bonchev–Trinajstić information content (AvgIpc) is 1.81. The second-order valence-corrected chi connectivity index (χ2v) is 1.19. The van der Waals surface area contributed by atoms with Gasteiger partial charge in [-0.3, -0.25) is 0 Å². The van der Waals surface area contributed by atoms with Crippen molar-refractivity contribution >= 4 is 6.21 Å². The quantitative estimate of drug-likeness (QED) is 0.230. The molecule has 2 nitrogen and oxygen atoms in total. The summed E-state index contributed by atoms with van der Waals surface area (Å²) in [4.78, 5) is 4.37. The molecule has 1 radical (unpaired) electrons. The smallest absolute Gasteiger partial charge is 0.106 e. The fourth-order valence-corrected chi connectivity index (χ4v) is 0.264. The number of hydrogen-bond acceptors (Lipinski definition) is 2.